The fourth-order valence-corrected chi connectivity index (χ4v) is 3.30. The molecule has 1 heterocycles. The fourth-order valence-electron chi connectivity index (χ4n) is 1.75. The van der Waals surface area contributed by atoms with Crippen LogP contribution in [0.1, 0.15) is 46.2 Å². The van der Waals surface area contributed by atoms with Crippen molar-refractivity contribution in [2.24, 2.45) is 0 Å². The Balaban J connectivity index is 3.08. The lowest BCUT2D eigenvalue weighted by Crippen LogP contribution is -2.42. The van der Waals surface area contributed by atoms with Crippen LogP contribution in [0.2, 0.25) is 0 Å². The van der Waals surface area contributed by atoms with Crippen molar-refractivity contribution in [3.05, 3.63) is 18.0 Å². The van der Waals surface area contributed by atoms with Crippen molar-refractivity contribution in [2.45, 2.75) is 64.1 Å². The van der Waals surface area contributed by atoms with Crippen LogP contribution in [0.25, 0.3) is 0 Å². The zero-order chi connectivity index (χ0) is 14.7. The molecule has 1 aromatic rings. The van der Waals surface area contributed by atoms with Crippen molar-refractivity contribution in [3.63, 3.8) is 0 Å². The third-order valence-electron chi connectivity index (χ3n) is 3.19. The molecule has 0 saturated carbocycles. The van der Waals surface area contributed by atoms with Gasteiger partial charge in [-0.3, -0.25) is 0 Å². The van der Waals surface area contributed by atoms with Crippen molar-refractivity contribution in [1.29, 1.82) is 0 Å². The number of hydrogen-bond donors (Lipinski definition) is 2. The molecule has 0 bridgehead atoms. The van der Waals surface area contributed by atoms with E-state index in [9.17, 15) is 13.5 Å². The molecule has 0 fully saturated rings. The van der Waals surface area contributed by atoms with E-state index in [1.165, 1.54) is 6.07 Å². The maximum Gasteiger partial charge on any atom is 0.242 e. The predicted octanol–water partition coefficient (Wildman–Crippen LogP) is 1.86. The Morgan fingerprint density at radius 1 is 1.37 bits per heavy atom. The van der Waals surface area contributed by atoms with Gasteiger partial charge in [-0.2, -0.15) is 0 Å². The number of aryl methyl sites for hydroxylation is 1. The number of aromatic nitrogens is 1. The van der Waals surface area contributed by atoms with Gasteiger partial charge >= 0.3 is 0 Å². The maximum absolute atomic E-state index is 12.3. The molecule has 2 N–H and O–H groups in total. The Morgan fingerprint density at radius 3 is 2.47 bits per heavy atom. The summed E-state index contributed by atoms with van der Waals surface area (Å²) in [4.78, 5) is 0.214. The molecule has 6 heteroatoms. The smallest absolute Gasteiger partial charge is 0.242 e. The summed E-state index contributed by atoms with van der Waals surface area (Å²) >= 11 is 0. The third-order valence-corrected chi connectivity index (χ3v) is 4.86. The van der Waals surface area contributed by atoms with E-state index in [0.29, 0.717) is 18.7 Å². The van der Waals surface area contributed by atoms with Gasteiger partial charge in [-0.05, 0) is 32.8 Å². The van der Waals surface area contributed by atoms with Crippen LogP contribution in [0.5, 0.6) is 0 Å². The summed E-state index contributed by atoms with van der Waals surface area (Å²) in [5, 5.41) is 9.27. The minimum Gasteiger partial charge on any atom is -0.390 e. The SMILES string of the molecule is CCCn1cc(S(=O)(=O)NC(C)(C)CC)cc1CO. The Kier molecular flexibility index (Phi) is 5.18. The topological polar surface area (TPSA) is 71.3 Å². The van der Waals surface area contributed by atoms with Crippen LogP contribution in [0.4, 0.5) is 0 Å². The van der Waals surface area contributed by atoms with Crippen LogP contribution >= 0.6 is 0 Å². The molecule has 0 aromatic carbocycles. The molecule has 110 valence electrons. The monoisotopic (exact) mass is 288 g/mol. The first-order valence-corrected chi connectivity index (χ1v) is 8.08. The van der Waals surface area contributed by atoms with Crippen LogP contribution in [-0.4, -0.2) is 23.6 Å². The summed E-state index contributed by atoms with van der Waals surface area (Å²) in [7, 11) is -3.54. The molecule has 0 atom stereocenters. The normalized spacial score (nSPS) is 12.9. The number of aliphatic hydroxyl groups excluding tert-OH is 1. The summed E-state index contributed by atoms with van der Waals surface area (Å²) < 4.78 is 29.0. The van der Waals surface area contributed by atoms with Gasteiger partial charge in [-0.15, -0.1) is 0 Å². The summed E-state index contributed by atoms with van der Waals surface area (Å²) in [5.41, 5.74) is 0.141. The second-order valence-corrected chi connectivity index (χ2v) is 7.04. The zero-order valence-corrected chi connectivity index (χ0v) is 12.9. The van der Waals surface area contributed by atoms with Gasteiger partial charge < -0.3 is 9.67 Å². The molecule has 0 radical (unpaired) electrons. The summed E-state index contributed by atoms with van der Waals surface area (Å²) in [6, 6.07) is 1.53. The minimum absolute atomic E-state index is 0.160. The molecule has 5 nitrogen and oxygen atoms in total. The fraction of sp³-hybridized carbons (Fsp3) is 0.692. The van der Waals surface area contributed by atoms with E-state index in [2.05, 4.69) is 4.72 Å². The largest absolute Gasteiger partial charge is 0.390 e. The van der Waals surface area contributed by atoms with Gasteiger partial charge in [0.2, 0.25) is 10.0 Å². The predicted molar refractivity (Wildman–Crippen MR) is 75.3 cm³/mol. The van der Waals surface area contributed by atoms with E-state index in [-0.39, 0.29) is 11.5 Å². The van der Waals surface area contributed by atoms with Crippen LogP contribution in [0.3, 0.4) is 0 Å². The highest BCUT2D eigenvalue weighted by atomic mass is 32.2. The Labute approximate surface area is 115 Å². The van der Waals surface area contributed by atoms with Gasteiger partial charge in [0.1, 0.15) is 0 Å². The van der Waals surface area contributed by atoms with Crippen LogP contribution < -0.4 is 4.72 Å². The van der Waals surface area contributed by atoms with Crippen molar-refractivity contribution in [3.8, 4) is 0 Å². The van der Waals surface area contributed by atoms with Gasteiger partial charge in [-0.25, -0.2) is 13.1 Å². The van der Waals surface area contributed by atoms with Gasteiger partial charge in [0.25, 0.3) is 0 Å². The molecule has 1 rings (SSSR count). The number of aliphatic hydroxyl groups is 1. The van der Waals surface area contributed by atoms with E-state index < -0.39 is 15.6 Å². The van der Waals surface area contributed by atoms with E-state index in [1.807, 2.05) is 27.7 Å². The van der Waals surface area contributed by atoms with Crippen molar-refractivity contribution < 1.29 is 13.5 Å². The molecule has 0 aliphatic carbocycles. The molecule has 0 aliphatic heterocycles. The number of rotatable bonds is 7. The average Bonchev–Trinajstić information content (AvgIpc) is 2.72. The molecule has 19 heavy (non-hydrogen) atoms. The molecular formula is C13H24N2O3S. The molecule has 0 aliphatic rings. The molecule has 1 aromatic heterocycles. The first-order valence-electron chi connectivity index (χ1n) is 6.59. The first-order chi connectivity index (χ1) is 8.75. The number of hydrogen-bond acceptors (Lipinski definition) is 3. The number of sulfonamides is 1. The number of nitrogens with one attached hydrogen (secondary N) is 1. The molecule has 0 spiro atoms. The Morgan fingerprint density at radius 2 is 2.00 bits per heavy atom. The van der Waals surface area contributed by atoms with Crippen molar-refractivity contribution >= 4 is 10.0 Å². The molecular weight excluding hydrogens is 264 g/mol. The number of nitrogens with zero attached hydrogens (tertiary/aromatic N) is 1. The third kappa shape index (κ3) is 4.06. The molecule has 0 unspecified atom stereocenters. The highest BCUT2D eigenvalue weighted by Gasteiger charge is 2.26. The highest BCUT2D eigenvalue weighted by Crippen LogP contribution is 2.18. The van der Waals surface area contributed by atoms with Crippen molar-refractivity contribution in [1.82, 2.24) is 9.29 Å². The standard InChI is InChI=1S/C13H24N2O3S/c1-5-7-15-9-12(8-11(15)10-16)19(17,18)14-13(3,4)6-2/h8-9,14,16H,5-7,10H2,1-4H3. The first kappa shape index (κ1) is 16.2. The molecule has 0 amide bonds. The summed E-state index contributed by atoms with van der Waals surface area (Å²) in [5.74, 6) is 0. The van der Waals surface area contributed by atoms with Crippen LogP contribution in [-0.2, 0) is 23.2 Å². The minimum atomic E-state index is -3.54. The van der Waals surface area contributed by atoms with Gasteiger partial charge in [0.15, 0.2) is 0 Å². The lowest BCUT2D eigenvalue weighted by molar-refractivity contribution is 0.270. The van der Waals surface area contributed by atoms with Crippen LogP contribution in [0, 0.1) is 0 Å². The average molecular weight is 288 g/mol. The quantitative estimate of drug-likeness (QED) is 0.804. The van der Waals surface area contributed by atoms with Crippen LogP contribution in [0.15, 0.2) is 17.2 Å². The lowest BCUT2D eigenvalue weighted by Gasteiger charge is -2.23. The van der Waals surface area contributed by atoms with Gasteiger partial charge in [0.05, 0.1) is 11.5 Å². The Hall–Kier alpha value is -0.850. The van der Waals surface area contributed by atoms with E-state index in [1.54, 1.807) is 10.8 Å². The van der Waals surface area contributed by atoms with E-state index >= 15 is 0 Å². The zero-order valence-electron chi connectivity index (χ0n) is 12.1. The van der Waals surface area contributed by atoms with Gasteiger partial charge in [0, 0.05) is 24.0 Å². The lowest BCUT2D eigenvalue weighted by atomic mass is 10.0. The second kappa shape index (κ2) is 6.07. The Bertz CT molecular complexity index is 518. The molecule has 0 saturated heterocycles. The summed E-state index contributed by atoms with van der Waals surface area (Å²) in [6.07, 6.45) is 3.17. The second-order valence-electron chi connectivity index (χ2n) is 5.36. The van der Waals surface area contributed by atoms with E-state index in [0.717, 1.165) is 6.42 Å². The van der Waals surface area contributed by atoms with E-state index in [4.69, 9.17) is 0 Å². The van der Waals surface area contributed by atoms with Gasteiger partial charge in [-0.1, -0.05) is 13.8 Å². The van der Waals surface area contributed by atoms with Crippen molar-refractivity contribution in [2.75, 3.05) is 0 Å². The maximum atomic E-state index is 12.3. The summed E-state index contributed by atoms with van der Waals surface area (Å²) in [6.45, 7) is 8.17. The highest BCUT2D eigenvalue weighted by molar-refractivity contribution is 7.89.